The average molecular weight is 277 g/mol. The fourth-order valence-electron chi connectivity index (χ4n) is 4.24. The van der Waals surface area contributed by atoms with Crippen molar-refractivity contribution in [2.75, 3.05) is 19.0 Å². The smallest absolute Gasteiger partial charge is 0.203 e. The number of hydrogen-bond acceptors (Lipinski definition) is 3. The lowest BCUT2D eigenvalue weighted by Gasteiger charge is -2.29. The van der Waals surface area contributed by atoms with Crippen LogP contribution in [0.2, 0.25) is 0 Å². The molecule has 2 aliphatic carbocycles. The second-order valence-electron chi connectivity index (χ2n) is 6.66. The number of aromatic nitrogens is 2. The first kappa shape index (κ1) is 13.9. The SMILES string of the molecule is COCCn1cc(C)nc1NC(C)C1CC2CCC1C2. The molecular weight excluding hydrogens is 250 g/mol. The third-order valence-electron chi connectivity index (χ3n) is 5.23. The number of aryl methyl sites for hydroxylation is 1. The predicted molar refractivity (Wildman–Crippen MR) is 80.9 cm³/mol. The molecule has 1 aromatic rings. The van der Waals surface area contributed by atoms with Crippen LogP contribution in [0.4, 0.5) is 5.95 Å². The molecule has 112 valence electrons. The van der Waals surface area contributed by atoms with E-state index in [2.05, 4.69) is 34.9 Å². The van der Waals surface area contributed by atoms with Gasteiger partial charge < -0.3 is 14.6 Å². The molecule has 4 atom stereocenters. The number of anilines is 1. The second kappa shape index (κ2) is 5.76. The summed E-state index contributed by atoms with van der Waals surface area (Å²) in [4.78, 5) is 4.63. The highest BCUT2D eigenvalue weighted by molar-refractivity contribution is 5.30. The van der Waals surface area contributed by atoms with E-state index in [9.17, 15) is 0 Å². The molecule has 2 bridgehead atoms. The molecule has 0 radical (unpaired) electrons. The highest BCUT2D eigenvalue weighted by atomic mass is 16.5. The lowest BCUT2D eigenvalue weighted by atomic mass is 9.84. The zero-order valence-electron chi connectivity index (χ0n) is 12.9. The first-order chi connectivity index (χ1) is 9.67. The third-order valence-corrected chi connectivity index (χ3v) is 5.23. The molecule has 1 heterocycles. The van der Waals surface area contributed by atoms with Crippen molar-refractivity contribution < 1.29 is 4.74 Å². The third kappa shape index (κ3) is 2.71. The Balaban J connectivity index is 1.64. The fraction of sp³-hybridized carbons (Fsp3) is 0.812. The zero-order valence-corrected chi connectivity index (χ0v) is 12.9. The van der Waals surface area contributed by atoms with Crippen LogP contribution in [0.25, 0.3) is 0 Å². The summed E-state index contributed by atoms with van der Waals surface area (Å²) in [6.07, 6.45) is 7.90. The average Bonchev–Trinajstić information content (AvgIpc) is 3.12. The number of rotatable bonds is 6. The van der Waals surface area contributed by atoms with Crippen LogP contribution in [-0.4, -0.2) is 29.3 Å². The van der Waals surface area contributed by atoms with Gasteiger partial charge in [0.15, 0.2) is 0 Å². The largest absolute Gasteiger partial charge is 0.383 e. The maximum Gasteiger partial charge on any atom is 0.203 e. The first-order valence-corrected chi connectivity index (χ1v) is 7.96. The molecular formula is C16H27N3O. The quantitative estimate of drug-likeness (QED) is 0.868. The van der Waals surface area contributed by atoms with Crippen molar-refractivity contribution in [3.05, 3.63) is 11.9 Å². The van der Waals surface area contributed by atoms with Crippen molar-refractivity contribution in [3.63, 3.8) is 0 Å². The first-order valence-electron chi connectivity index (χ1n) is 7.96. The lowest BCUT2D eigenvalue weighted by Crippen LogP contribution is -2.31. The maximum atomic E-state index is 5.18. The van der Waals surface area contributed by atoms with Gasteiger partial charge in [0.25, 0.3) is 0 Å². The lowest BCUT2D eigenvalue weighted by molar-refractivity contribution is 0.187. The minimum absolute atomic E-state index is 0.522. The van der Waals surface area contributed by atoms with Gasteiger partial charge in [-0.25, -0.2) is 4.98 Å². The van der Waals surface area contributed by atoms with E-state index >= 15 is 0 Å². The summed E-state index contributed by atoms with van der Waals surface area (Å²) in [5.74, 6) is 3.80. The predicted octanol–water partition coefficient (Wildman–Crippen LogP) is 3.07. The highest BCUT2D eigenvalue weighted by Crippen LogP contribution is 2.49. The van der Waals surface area contributed by atoms with Gasteiger partial charge in [-0.05, 0) is 50.9 Å². The van der Waals surface area contributed by atoms with Gasteiger partial charge in [0.1, 0.15) is 0 Å². The van der Waals surface area contributed by atoms with Crippen molar-refractivity contribution >= 4 is 5.95 Å². The van der Waals surface area contributed by atoms with E-state index in [-0.39, 0.29) is 0 Å². The van der Waals surface area contributed by atoms with Crippen LogP contribution in [0.15, 0.2) is 6.20 Å². The van der Waals surface area contributed by atoms with Gasteiger partial charge in [-0.2, -0.15) is 0 Å². The maximum absolute atomic E-state index is 5.18. The van der Waals surface area contributed by atoms with Crippen molar-refractivity contribution in [2.45, 2.75) is 52.1 Å². The summed E-state index contributed by atoms with van der Waals surface area (Å²) in [7, 11) is 1.74. The van der Waals surface area contributed by atoms with E-state index < -0.39 is 0 Å². The van der Waals surface area contributed by atoms with Crippen molar-refractivity contribution in [2.24, 2.45) is 17.8 Å². The summed E-state index contributed by atoms with van der Waals surface area (Å²) in [5, 5.41) is 3.66. The number of methoxy groups -OCH3 is 1. The van der Waals surface area contributed by atoms with Crippen LogP contribution in [0.5, 0.6) is 0 Å². The topological polar surface area (TPSA) is 39.1 Å². The molecule has 0 amide bonds. The van der Waals surface area contributed by atoms with Crippen LogP contribution >= 0.6 is 0 Å². The summed E-state index contributed by atoms with van der Waals surface area (Å²) in [5.41, 5.74) is 1.07. The van der Waals surface area contributed by atoms with E-state index in [4.69, 9.17) is 4.74 Å². The van der Waals surface area contributed by atoms with Crippen molar-refractivity contribution in [3.8, 4) is 0 Å². The van der Waals surface area contributed by atoms with Gasteiger partial charge in [0, 0.05) is 25.9 Å². The molecule has 3 rings (SSSR count). The van der Waals surface area contributed by atoms with Gasteiger partial charge in [-0.15, -0.1) is 0 Å². The van der Waals surface area contributed by atoms with Gasteiger partial charge >= 0.3 is 0 Å². The second-order valence-corrected chi connectivity index (χ2v) is 6.66. The molecule has 4 unspecified atom stereocenters. The minimum atomic E-state index is 0.522. The number of hydrogen-bond donors (Lipinski definition) is 1. The van der Waals surface area contributed by atoms with Crippen LogP contribution < -0.4 is 5.32 Å². The summed E-state index contributed by atoms with van der Waals surface area (Å²) in [6.45, 7) is 5.98. The van der Waals surface area contributed by atoms with Crippen molar-refractivity contribution in [1.29, 1.82) is 0 Å². The molecule has 0 aliphatic heterocycles. The van der Waals surface area contributed by atoms with Gasteiger partial charge in [-0.3, -0.25) is 0 Å². The Morgan fingerprint density at radius 1 is 1.45 bits per heavy atom. The number of nitrogens with zero attached hydrogens (tertiary/aromatic N) is 2. The van der Waals surface area contributed by atoms with E-state index in [1.54, 1.807) is 7.11 Å². The Hall–Kier alpha value is -1.03. The minimum Gasteiger partial charge on any atom is -0.383 e. The number of imidazole rings is 1. The monoisotopic (exact) mass is 277 g/mol. The molecule has 2 saturated carbocycles. The normalized spacial score (nSPS) is 29.9. The molecule has 1 N–H and O–H groups in total. The van der Waals surface area contributed by atoms with Gasteiger partial charge in [0.05, 0.1) is 12.3 Å². The molecule has 1 aromatic heterocycles. The van der Waals surface area contributed by atoms with E-state index in [0.717, 1.165) is 42.5 Å². The standard InChI is InChI=1S/C16H27N3O/c1-11-10-19(6-7-20-3)16(17-11)18-12(2)15-9-13-4-5-14(15)8-13/h10,12-15H,4-9H2,1-3H3,(H,17,18). The number of fused-ring (bicyclic) bond motifs is 2. The summed E-state index contributed by atoms with van der Waals surface area (Å²) in [6, 6.07) is 0.522. The fourth-order valence-corrected chi connectivity index (χ4v) is 4.24. The molecule has 4 heteroatoms. The molecule has 4 nitrogen and oxygen atoms in total. The molecule has 2 aliphatic rings. The Kier molecular flexibility index (Phi) is 4.01. The Morgan fingerprint density at radius 3 is 2.95 bits per heavy atom. The highest BCUT2D eigenvalue weighted by Gasteiger charge is 2.41. The van der Waals surface area contributed by atoms with E-state index in [1.165, 1.54) is 25.7 Å². The van der Waals surface area contributed by atoms with Crippen LogP contribution in [0.1, 0.15) is 38.3 Å². The van der Waals surface area contributed by atoms with E-state index in [0.29, 0.717) is 6.04 Å². The van der Waals surface area contributed by atoms with Gasteiger partial charge in [-0.1, -0.05) is 6.42 Å². The van der Waals surface area contributed by atoms with Crippen LogP contribution in [-0.2, 0) is 11.3 Å². The van der Waals surface area contributed by atoms with Gasteiger partial charge in [0.2, 0.25) is 5.95 Å². The molecule has 2 fully saturated rings. The Labute approximate surface area is 121 Å². The molecule has 20 heavy (non-hydrogen) atoms. The molecule has 0 aromatic carbocycles. The van der Waals surface area contributed by atoms with Crippen LogP contribution in [0, 0.1) is 24.7 Å². The number of ether oxygens (including phenoxy) is 1. The molecule has 0 saturated heterocycles. The van der Waals surface area contributed by atoms with E-state index in [1.807, 2.05) is 0 Å². The number of nitrogens with one attached hydrogen (secondary N) is 1. The Bertz CT molecular complexity index is 457. The summed E-state index contributed by atoms with van der Waals surface area (Å²) < 4.78 is 7.36. The zero-order chi connectivity index (χ0) is 14.1. The Morgan fingerprint density at radius 2 is 2.30 bits per heavy atom. The molecule has 0 spiro atoms. The summed E-state index contributed by atoms with van der Waals surface area (Å²) >= 11 is 0. The van der Waals surface area contributed by atoms with Crippen LogP contribution in [0.3, 0.4) is 0 Å². The van der Waals surface area contributed by atoms with Crippen molar-refractivity contribution in [1.82, 2.24) is 9.55 Å².